The van der Waals surface area contributed by atoms with E-state index in [2.05, 4.69) is 15.3 Å². The predicted molar refractivity (Wildman–Crippen MR) is 99.4 cm³/mol. The lowest BCUT2D eigenvalue weighted by atomic mass is 10.2. The zero-order chi connectivity index (χ0) is 15.4. The number of aliphatic imine (C=N–C) groups is 1. The van der Waals surface area contributed by atoms with Gasteiger partial charge in [-0.1, -0.05) is 58.9 Å². The van der Waals surface area contributed by atoms with Crippen molar-refractivity contribution in [3.8, 4) is 0 Å². The number of benzene rings is 1. The van der Waals surface area contributed by atoms with Crippen LogP contribution in [0.5, 0.6) is 0 Å². The Bertz CT molecular complexity index is 659. The maximum absolute atomic E-state index is 5.98. The molecule has 1 aromatic heterocycles. The van der Waals surface area contributed by atoms with E-state index in [4.69, 9.17) is 23.2 Å². The van der Waals surface area contributed by atoms with Gasteiger partial charge < -0.3 is 5.32 Å². The van der Waals surface area contributed by atoms with Gasteiger partial charge in [-0.15, -0.1) is 0 Å². The normalized spacial score (nSPS) is 15.5. The molecule has 1 aliphatic heterocycles. The van der Waals surface area contributed by atoms with Gasteiger partial charge in [0.1, 0.15) is 15.6 Å². The lowest BCUT2D eigenvalue weighted by Gasteiger charge is -2.19. The minimum atomic E-state index is 0.0234. The third-order valence-corrected chi connectivity index (χ3v) is 5.79. The number of halogens is 2. The van der Waals surface area contributed by atoms with E-state index in [1.54, 1.807) is 29.7 Å². The Morgan fingerprint density at radius 3 is 2.50 bits per heavy atom. The van der Waals surface area contributed by atoms with Crippen molar-refractivity contribution in [1.82, 2.24) is 4.98 Å². The smallest absolute Gasteiger partial charge is 0.127 e. The molecule has 1 unspecified atom stereocenters. The van der Waals surface area contributed by atoms with Gasteiger partial charge in [0.15, 0.2) is 0 Å². The van der Waals surface area contributed by atoms with Crippen molar-refractivity contribution in [3.05, 3.63) is 58.2 Å². The van der Waals surface area contributed by atoms with E-state index in [0.29, 0.717) is 5.02 Å². The van der Waals surface area contributed by atoms with Crippen molar-refractivity contribution in [2.75, 3.05) is 17.6 Å². The molecule has 1 N–H and O–H groups in total. The summed E-state index contributed by atoms with van der Waals surface area (Å²) in [5.74, 6) is 1.83. The summed E-state index contributed by atoms with van der Waals surface area (Å²) in [4.78, 5) is 8.82. The lowest BCUT2D eigenvalue weighted by Crippen LogP contribution is -2.09. The molecule has 0 fully saturated rings. The molecule has 1 aliphatic rings. The molecule has 114 valence electrons. The highest BCUT2D eigenvalue weighted by Gasteiger charge is 2.18. The molecule has 0 saturated heterocycles. The lowest BCUT2D eigenvalue weighted by molar-refractivity contribution is 1.09. The summed E-state index contributed by atoms with van der Waals surface area (Å²) in [6.07, 6.45) is 1.63. The van der Waals surface area contributed by atoms with Crippen molar-refractivity contribution in [3.63, 3.8) is 0 Å². The Balaban J connectivity index is 1.81. The molecule has 0 radical (unpaired) electrons. The second-order valence-corrected chi connectivity index (χ2v) is 7.86. The fourth-order valence-corrected chi connectivity index (χ4v) is 4.33. The van der Waals surface area contributed by atoms with Gasteiger partial charge in [-0.05, 0) is 29.8 Å². The van der Waals surface area contributed by atoms with Crippen LogP contribution in [-0.4, -0.2) is 21.7 Å². The van der Waals surface area contributed by atoms with Crippen LogP contribution in [0.3, 0.4) is 0 Å². The Labute approximate surface area is 147 Å². The predicted octanol–water partition coefficient (Wildman–Crippen LogP) is 5.34. The van der Waals surface area contributed by atoms with E-state index in [-0.39, 0.29) is 5.37 Å². The Morgan fingerprint density at radius 1 is 1.09 bits per heavy atom. The minimum Gasteiger partial charge on any atom is -0.354 e. The van der Waals surface area contributed by atoms with Gasteiger partial charge >= 0.3 is 0 Å². The molecule has 3 rings (SSSR count). The number of hydrogen-bond donors (Lipinski definition) is 1. The van der Waals surface area contributed by atoms with Crippen LogP contribution < -0.4 is 5.32 Å². The summed E-state index contributed by atoms with van der Waals surface area (Å²) in [7, 11) is 0. The fourth-order valence-electron chi connectivity index (χ4n) is 1.90. The number of hydrogen-bond acceptors (Lipinski definition) is 5. The number of rotatable bonds is 4. The van der Waals surface area contributed by atoms with Gasteiger partial charge in [0.2, 0.25) is 0 Å². The fraction of sp³-hybridized carbons (Fsp3) is 0.200. The van der Waals surface area contributed by atoms with Gasteiger partial charge in [0.25, 0.3) is 0 Å². The molecular formula is C15H13Cl2N3S2. The van der Waals surface area contributed by atoms with Crippen LogP contribution in [0.25, 0.3) is 0 Å². The molecule has 22 heavy (non-hydrogen) atoms. The Hall–Kier alpha value is -0.880. The topological polar surface area (TPSA) is 37.3 Å². The molecule has 1 atom stereocenters. The maximum atomic E-state index is 5.98. The van der Waals surface area contributed by atoms with Crippen molar-refractivity contribution in [2.45, 2.75) is 5.37 Å². The summed E-state index contributed by atoms with van der Waals surface area (Å²) in [5.41, 5.74) is 1.13. The van der Waals surface area contributed by atoms with Gasteiger partial charge in [-0.3, -0.25) is 4.99 Å². The van der Waals surface area contributed by atoms with Crippen LogP contribution in [0.2, 0.25) is 10.0 Å². The molecule has 2 heterocycles. The number of pyridine rings is 1. The average molecular weight is 370 g/mol. The van der Waals surface area contributed by atoms with Crippen molar-refractivity contribution >= 4 is 56.9 Å². The highest BCUT2D eigenvalue weighted by molar-refractivity contribution is 8.39. The van der Waals surface area contributed by atoms with Crippen molar-refractivity contribution in [1.29, 1.82) is 0 Å². The first-order valence-electron chi connectivity index (χ1n) is 6.68. The van der Waals surface area contributed by atoms with Crippen LogP contribution >= 0.6 is 46.7 Å². The largest absolute Gasteiger partial charge is 0.354 e. The number of thioether (sulfide) groups is 2. The first kappa shape index (κ1) is 16.0. The van der Waals surface area contributed by atoms with Gasteiger partial charge in [0.05, 0.1) is 11.6 Å². The maximum Gasteiger partial charge on any atom is 0.127 e. The highest BCUT2D eigenvalue weighted by Crippen LogP contribution is 2.36. The van der Waals surface area contributed by atoms with Gasteiger partial charge in [-0.25, -0.2) is 4.98 Å². The first-order valence-corrected chi connectivity index (χ1v) is 9.30. The summed E-state index contributed by atoms with van der Waals surface area (Å²) < 4.78 is 1.10. The molecule has 2 aromatic rings. The van der Waals surface area contributed by atoms with E-state index < -0.39 is 0 Å². The van der Waals surface area contributed by atoms with Crippen LogP contribution in [0.4, 0.5) is 5.82 Å². The summed E-state index contributed by atoms with van der Waals surface area (Å²) in [5, 5.41) is 4.80. The third kappa shape index (κ3) is 4.32. The quantitative estimate of drug-likeness (QED) is 0.738. The first-order chi connectivity index (χ1) is 10.7. The zero-order valence-corrected chi connectivity index (χ0v) is 14.6. The molecule has 0 aliphatic carbocycles. The molecule has 7 heteroatoms. The number of anilines is 1. The standard InChI is InChI=1S/C15H13Cl2N3S2/c16-11-3-1-10(2-4-11)14(22-15-18-7-8-21-15)20-13-6-5-12(17)9-19-13/h1-6,9,14H,7-8H2,(H,19,20). The van der Waals surface area contributed by atoms with E-state index in [1.807, 2.05) is 36.4 Å². The van der Waals surface area contributed by atoms with E-state index in [1.165, 1.54) is 0 Å². The average Bonchev–Trinajstić information content (AvgIpc) is 3.03. The van der Waals surface area contributed by atoms with Crippen LogP contribution in [0.1, 0.15) is 10.9 Å². The van der Waals surface area contributed by atoms with Crippen LogP contribution in [-0.2, 0) is 0 Å². The van der Waals surface area contributed by atoms with E-state index in [0.717, 1.165) is 33.1 Å². The summed E-state index contributed by atoms with van der Waals surface area (Å²) >= 11 is 15.4. The Morgan fingerprint density at radius 2 is 1.86 bits per heavy atom. The number of nitrogens with one attached hydrogen (secondary N) is 1. The SMILES string of the molecule is Clc1ccc(C(Nc2ccc(Cl)cn2)SC2=NCCS2)cc1. The van der Waals surface area contributed by atoms with Gasteiger partial charge in [0, 0.05) is 17.0 Å². The number of aromatic nitrogens is 1. The molecule has 0 saturated carbocycles. The van der Waals surface area contributed by atoms with E-state index in [9.17, 15) is 0 Å². The van der Waals surface area contributed by atoms with Crippen molar-refractivity contribution < 1.29 is 0 Å². The molecule has 3 nitrogen and oxygen atoms in total. The third-order valence-electron chi connectivity index (χ3n) is 2.96. The monoisotopic (exact) mass is 369 g/mol. The minimum absolute atomic E-state index is 0.0234. The number of nitrogens with zero attached hydrogens (tertiary/aromatic N) is 2. The summed E-state index contributed by atoms with van der Waals surface area (Å²) in [6.45, 7) is 0.888. The van der Waals surface area contributed by atoms with Crippen molar-refractivity contribution in [2.24, 2.45) is 4.99 Å². The van der Waals surface area contributed by atoms with Crippen LogP contribution in [0, 0.1) is 0 Å². The molecule has 0 spiro atoms. The second kappa shape index (κ2) is 7.59. The molecular weight excluding hydrogens is 357 g/mol. The Kier molecular flexibility index (Phi) is 5.52. The molecule has 1 aromatic carbocycles. The second-order valence-electron chi connectivity index (χ2n) is 4.55. The summed E-state index contributed by atoms with van der Waals surface area (Å²) in [6, 6.07) is 11.5. The molecule has 0 amide bonds. The zero-order valence-electron chi connectivity index (χ0n) is 11.5. The van der Waals surface area contributed by atoms with E-state index >= 15 is 0 Å². The highest BCUT2D eigenvalue weighted by atomic mass is 35.5. The molecule has 0 bridgehead atoms. The van der Waals surface area contributed by atoms with Gasteiger partial charge in [-0.2, -0.15) is 0 Å². The van der Waals surface area contributed by atoms with Crippen LogP contribution in [0.15, 0.2) is 47.6 Å².